The Bertz CT molecular complexity index is 862. The first-order chi connectivity index (χ1) is 12.0. The van der Waals surface area contributed by atoms with Crippen molar-refractivity contribution >= 4 is 52.2 Å². The largest absolute Gasteiger partial charge is 0.497 e. The quantitative estimate of drug-likeness (QED) is 0.666. The smallest absolute Gasteiger partial charge is 0.293 e. The highest BCUT2D eigenvalue weighted by Gasteiger charge is 2.35. The second kappa shape index (κ2) is 7.52. The zero-order valence-electron chi connectivity index (χ0n) is 13.2. The van der Waals surface area contributed by atoms with E-state index in [1.54, 1.807) is 37.5 Å². The molecule has 0 atom stereocenters. The lowest BCUT2D eigenvalue weighted by Crippen LogP contribution is -2.27. The van der Waals surface area contributed by atoms with E-state index in [4.69, 9.17) is 27.9 Å². The van der Waals surface area contributed by atoms with Crippen molar-refractivity contribution in [3.63, 3.8) is 0 Å². The van der Waals surface area contributed by atoms with Crippen LogP contribution in [0.25, 0.3) is 6.08 Å². The van der Waals surface area contributed by atoms with E-state index in [0.29, 0.717) is 26.3 Å². The van der Waals surface area contributed by atoms with Crippen molar-refractivity contribution in [1.29, 1.82) is 0 Å². The molecule has 1 aliphatic rings. The lowest BCUT2D eigenvalue weighted by atomic mass is 10.2. The maximum atomic E-state index is 12.6. The number of ether oxygens (including phenoxy) is 1. The summed E-state index contributed by atoms with van der Waals surface area (Å²) in [4.78, 5) is 26.3. The van der Waals surface area contributed by atoms with Crippen LogP contribution in [0.1, 0.15) is 11.1 Å². The molecular formula is C18H13Cl2NO3S. The molecule has 2 aromatic carbocycles. The van der Waals surface area contributed by atoms with Crippen LogP contribution in [-0.2, 0) is 11.3 Å². The number of halogens is 2. The lowest BCUT2D eigenvalue weighted by molar-refractivity contribution is -0.123. The number of amides is 2. The van der Waals surface area contributed by atoms with Crippen LogP contribution in [0.4, 0.5) is 4.79 Å². The van der Waals surface area contributed by atoms with Gasteiger partial charge in [0.1, 0.15) is 5.75 Å². The van der Waals surface area contributed by atoms with E-state index < -0.39 is 0 Å². The topological polar surface area (TPSA) is 46.6 Å². The maximum Gasteiger partial charge on any atom is 0.293 e. The fourth-order valence-corrected chi connectivity index (χ4v) is 3.72. The van der Waals surface area contributed by atoms with E-state index in [2.05, 4.69) is 0 Å². The number of rotatable bonds is 4. The van der Waals surface area contributed by atoms with Gasteiger partial charge in [-0.05, 0) is 47.7 Å². The first-order valence-electron chi connectivity index (χ1n) is 7.32. The molecule has 0 aromatic heterocycles. The molecule has 1 fully saturated rings. The molecule has 25 heavy (non-hydrogen) atoms. The molecular weight excluding hydrogens is 381 g/mol. The zero-order chi connectivity index (χ0) is 18.0. The summed E-state index contributed by atoms with van der Waals surface area (Å²) in [5.74, 6) is 0.310. The molecule has 1 aliphatic heterocycles. The van der Waals surface area contributed by atoms with Gasteiger partial charge in [-0.3, -0.25) is 14.5 Å². The summed E-state index contributed by atoms with van der Waals surface area (Å²) in [6.45, 7) is 0.0403. The van der Waals surface area contributed by atoms with Crippen molar-refractivity contribution < 1.29 is 14.3 Å². The van der Waals surface area contributed by atoms with E-state index in [0.717, 1.165) is 22.2 Å². The van der Waals surface area contributed by atoms with E-state index in [1.807, 2.05) is 18.2 Å². The Hall–Kier alpha value is -1.95. The van der Waals surface area contributed by atoms with Gasteiger partial charge < -0.3 is 4.74 Å². The third-order valence-corrected chi connectivity index (χ3v) is 5.26. The third-order valence-electron chi connectivity index (χ3n) is 3.64. The molecule has 7 heteroatoms. The normalized spacial score (nSPS) is 16.0. The van der Waals surface area contributed by atoms with Crippen LogP contribution in [0.3, 0.4) is 0 Å². The monoisotopic (exact) mass is 393 g/mol. The molecule has 1 saturated heterocycles. The standard InChI is InChI=1S/C18H13Cl2NO3S/c1-24-12-5-2-4-11(8-12)9-16-17(22)21(18(23)25-16)10-13-14(19)6-3-7-15(13)20/h2-9H,10H2,1H3. The number of hydrogen-bond acceptors (Lipinski definition) is 4. The van der Waals surface area contributed by atoms with Crippen LogP contribution < -0.4 is 4.74 Å². The average molecular weight is 394 g/mol. The molecule has 0 N–H and O–H groups in total. The van der Waals surface area contributed by atoms with Crippen molar-refractivity contribution in [3.05, 3.63) is 68.5 Å². The highest BCUT2D eigenvalue weighted by atomic mass is 35.5. The van der Waals surface area contributed by atoms with Crippen LogP contribution in [-0.4, -0.2) is 23.2 Å². The Morgan fingerprint density at radius 1 is 1.12 bits per heavy atom. The van der Waals surface area contributed by atoms with Gasteiger partial charge in [0.15, 0.2) is 0 Å². The van der Waals surface area contributed by atoms with Gasteiger partial charge in [0.05, 0.1) is 18.6 Å². The highest BCUT2D eigenvalue weighted by molar-refractivity contribution is 8.18. The van der Waals surface area contributed by atoms with Gasteiger partial charge in [0.25, 0.3) is 11.1 Å². The molecule has 2 amide bonds. The van der Waals surface area contributed by atoms with E-state index in [-0.39, 0.29) is 17.7 Å². The maximum absolute atomic E-state index is 12.6. The zero-order valence-corrected chi connectivity index (χ0v) is 15.5. The molecule has 4 nitrogen and oxygen atoms in total. The fraction of sp³-hybridized carbons (Fsp3) is 0.111. The van der Waals surface area contributed by atoms with Crippen molar-refractivity contribution in [2.24, 2.45) is 0 Å². The van der Waals surface area contributed by atoms with E-state index in [1.165, 1.54) is 0 Å². The molecule has 2 aromatic rings. The number of imide groups is 1. The molecule has 0 bridgehead atoms. The van der Waals surface area contributed by atoms with Crippen LogP contribution in [0.2, 0.25) is 10.0 Å². The summed E-state index contributed by atoms with van der Waals surface area (Å²) in [5.41, 5.74) is 1.33. The van der Waals surface area contributed by atoms with Crippen molar-refractivity contribution in [2.45, 2.75) is 6.54 Å². The van der Waals surface area contributed by atoms with Crippen molar-refractivity contribution in [2.75, 3.05) is 7.11 Å². The number of carbonyl (C=O) groups excluding carboxylic acids is 2. The predicted molar refractivity (Wildman–Crippen MR) is 101 cm³/mol. The van der Waals surface area contributed by atoms with E-state index in [9.17, 15) is 9.59 Å². The van der Waals surface area contributed by atoms with Crippen LogP contribution in [0.5, 0.6) is 5.75 Å². The Balaban J connectivity index is 1.86. The molecule has 0 aliphatic carbocycles. The number of nitrogens with zero attached hydrogens (tertiary/aromatic N) is 1. The minimum atomic E-state index is -0.367. The number of hydrogen-bond donors (Lipinski definition) is 0. The summed E-state index contributed by atoms with van der Waals surface area (Å²) in [6, 6.07) is 12.3. The van der Waals surface area contributed by atoms with Crippen LogP contribution >= 0.6 is 35.0 Å². The average Bonchev–Trinajstić information content (AvgIpc) is 2.85. The minimum Gasteiger partial charge on any atom is -0.497 e. The Morgan fingerprint density at radius 2 is 1.80 bits per heavy atom. The summed E-state index contributed by atoms with van der Waals surface area (Å²) < 4.78 is 5.17. The molecule has 1 heterocycles. The van der Waals surface area contributed by atoms with Gasteiger partial charge in [-0.25, -0.2) is 0 Å². The number of methoxy groups -OCH3 is 1. The van der Waals surface area contributed by atoms with Crippen LogP contribution in [0.15, 0.2) is 47.4 Å². The SMILES string of the molecule is COc1cccc(C=C2SC(=O)N(Cc3c(Cl)cccc3Cl)C2=O)c1. The number of thioether (sulfide) groups is 1. The molecule has 3 rings (SSSR count). The Kier molecular flexibility index (Phi) is 5.37. The molecule has 0 unspecified atom stereocenters. The first-order valence-corrected chi connectivity index (χ1v) is 8.89. The molecule has 0 radical (unpaired) electrons. The van der Waals surface area contributed by atoms with Crippen molar-refractivity contribution in [3.8, 4) is 5.75 Å². The van der Waals surface area contributed by atoms with Crippen LogP contribution in [0, 0.1) is 0 Å². The highest BCUT2D eigenvalue weighted by Crippen LogP contribution is 2.35. The summed E-state index contributed by atoms with van der Waals surface area (Å²) in [6.07, 6.45) is 1.67. The van der Waals surface area contributed by atoms with Gasteiger partial charge in [-0.2, -0.15) is 0 Å². The molecule has 0 spiro atoms. The third kappa shape index (κ3) is 3.84. The minimum absolute atomic E-state index is 0.0403. The summed E-state index contributed by atoms with van der Waals surface area (Å²) >= 11 is 13.2. The second-order valence-corrected chi connectivity index (χ2v) is 7.05. The molecule has 128 valence electrons. The Morgan fingerprint density at radius 3 is 2.48 bits per heavy atom. The van der Waals surface area contributed by atoms with Gasteiger partial charge >= 0.3 is 0 Å². The van der Waals surface area contributed by atoms with Gasteiger partial charge in [-0.15, -0.1) is 0 Å². The van der Waals surface area contributed by atoms with Gasteiger partial charge in [0.2, 0.25) is 0 Å². The van der Waals surface area contributed by atoms with Gasteiger partial charge in [0, 0.05) is 15.6 Å². The summed E-state index contributed by atoms with van der Waals surface area (Å²) in [5, 5.41) is 0.488. The Labute approximate surface area is 159 Å². The fourth-order valence-electron chi connectivity index (χ4n) is 2.36. The summed E-state index contributed by atoms with van der Waals surface area (Å²) in [7, 11) is 1.57. The van der Waals surface area contributed by atoms with E-state index >= 15 is 0 Å². The number of benzene rings is 2. The van der Waals surface area contributed by atoms with Gasteiger partial charge in [-0.1, -0.05) is 41.4 Å². The number of carbonyl (C=O) groups is 2. The predicted octanol–water partition coefficient (Wildman–Crippen LogP) is 5.24. The first kappa shape index (κ1) is 17.9. The van der Waals surface area contributed by atoms with Crippen molar-refractivity contribution in [1.82, 2.24) is 4.90 Å². The second-order valence-electron chi connectivity index (χ2n) is 5.24. The lowest BCUT2D eigenvalue weighted by Gasteiger charge is -2.14. The molecule has 0 saturated carbocycles.